The minimum Gasteiger partial charge on any atom is -0.480 e. The number of benzene rings is 2. The van der Waals surface area contributed by atoms with Crippen LogP contribution >= 0.6 is 22.6 Å². The molecule has 2 N–H and O–H groups in total. The van der Waals surface area contributed by atoms with Crippen LogP contribution in [-0.4, -0.2) is 23.0 Å². The summed E-state index contributed by atoms with van der Waals surface area (Å²) in [4.78, 5) is 23.7. The Hall–Kier alpha value is -2.31. The zero-order chi connectivity index (χ0) is 22.0. The predicted octanol–water partition coefficient (Wildman–Crippen LogP) is 4.75. The average Bonchev–Trinajstić information content (AvgIpc) is 2.61. The highest BCUT2D eigenvalue weighted by molar-refractivity contribution is 14.1. The van der Waals surface area contributed by atoms with Crippen LogP contribution in [0, 0.1) is 3.57 Å². The Balaban J connectivity index is 2.33. The van der Waals surface area contributed by atoms with E-state index in [9.17, 15) is 41.0 Å². The third kappa shape index (κ3) is 6.34. The molecule has 156 valence electrons. The smallest absolute Gasteiger partial charge is 0.416 e. The molecule has 0 saturated heterocycles. The molecule has 29 heavy (non-hydrogen) atoms. The summed E-state index contributed by atoms with van der Waals surface area (Å²) in [6.45, 7) is 0. The summed E-state index contributed by atoms with van der Waals surface area (Å²) in [5.74, 6) is -2.85. The second-order valence-corrected chi connectivity index (χ2v) is 7.24. The van der Waals surface area contributed by atoms with Crippen molar-refractivity contribution in [1.29, 1.82) is 0 Å². The monoisotopic (exact) mass is 531 g/mol. The van der Waals surface area contributed by atoms with Crippen LogP contribution < -0.4 is 5.32 Å². The van der Waals surface area contributed by atoms with Gasteiger partial charge >= 0.3 is 18.3 Å². The van der Waals surface area contributed by atoms with E-state index in [1.165, 1.54) is 0 Å². The van der Waals surface area contributed by atoms with E-state index in [-0.39, 0.29) is 24.6 Å². The Morgan fingerprint density at radius 2 is 1.41 bits per heavy atom. The maximum atomic E-state index is 12.9. The van der Waals surface area contributed by atoms with Crippen molar-refractivity contribution in [3.63, 3.8) is 0 Å². The molecule has 0 bridgehead atoms. The van der Waals surface area contributed by atoms with Crippen molar-refractivity contribution < 1.29 is 41.0 Å². The van der Waals surface area contributed by atoms with Crippen LogP contribution in [0.3, 0.4) is 0 Å². The number of carbonyl (C=O) groups is 2. The maximum Gasteiger partial charge on any atom is 0.416 e. The lowest BCUT2D eigenvalue weighted by molar-refractivity contribution is -0.143. The number of alkyl halides is 6. The molecule has 2 aromatic carbocycles. The van der Waals surface area contributed by atoms with Gasteiger partial charge in [-0.3, -0.25) is 4.79 Å². The molecule has 2 aromatic rings. The van der Waals surface area contributed by atoms with Crippen LogP contribution in [0.25, 0.3) is 0 Å². The van der Waals surface area contributed by atoms with Gasteiger partial charge in [-0.25, -0.2) is 4.79 Å². The first kappa shape index (κ1) is 23.0. The lowest BCUT2D eigenvalue weighted by atomic mass is 10.0. The molecule has 0 aliphatic rings. The van der Waals surface area contributed by atoms with Gasteiger partial charge in [-0.1, -0.05) is 12.1 Å². The molecule has 0 aromatic heterocycles. The van der Waals surface area contributed by atoms with E-state index in [2.05, 4.69) is 0 Å². The lowest BCUT2D eigenvalue weighted by Gasteiger charge is -2.17. The SMILES string of the molecule is O=C(N[C@H](Cc1ccc(I)cc1)C(=O)O)c1cc(C(F)(F)F)cc(C(F)(F)F)c1. The molecule has 0 radical (unpaired) electrons. The number of rotatable bonds is 5. The number of hydrogen-bond acceptors (Lipinski definition) is 2. The third-order valence-corrected chi connectivity index (χ3v) is 4.53. The topological polar surface area (TPSA) is 66.4 Å². The number of carbonyl (C=O) groups excluding carboxylic acids is 1. The standard InChI is InChI=1S/C18H12F6INO3/c19-17(20,21)11-6-10(7-12(8-11)18(22,23)24)15(27)26-14(16(28)29)5-9-1-3-13(25)4-2-9/h1-4,6-8,14H,5H2,(H,26,27)(H,28,29)/t14-/m1/s1. The Morgan fingerprint density at radius 1 is 0.931 bits per heavy atom. The quantitative estimate of drug-likeness (QED) is 0.433. The first-order valence-electron chi connectivity index (χ1n) is 7.85. The summed E-state index contributed by atoms with van der Waals surface area (Å²) >= 11 is 2.02. The highest BCUT2D eigenvalue weighted by Crippen LogP contribution is 2.36. The zero-order valence-corrected chi connectivity index (χ0v) is 16.4. The van der Waals surface area contributed by atoms with Crippen molar-refractivity contribution >= 4 is 34.5 Å². The molecule has 0 fully saturated rings. The van der Waals surface area contributed by atoms with Crippen LogP contribution in [0.1, 0.15) is 27.0 Å². The molecule has 0 heterocycles. The largest absolute Gasteiger partial charge is 0.480 e. The molecule has 0 unspecified atom stereocenters. The van der Waals surface area contributed by atoms with E-state index in [4.69, 9.17) is 0 Å². The van der Waals surface area contributed by atoms with Gasteiger partial charge in [0, 0.05) is 15.6 Å². The first-order chi connectivity index (χ1) is 13.3. The number of carboxylic acid groups (broad SMARTS) is 1. The number of carboxylic acids is 1. The van der Waals surface area contributed by atoms with Crippen LogP contribution in [0.2, 0.25) is 0 Å². The van der Waals surface area contributed by atoms with Crippen molar-refractivity contribution in [2.24, 2.45) is 0 Å². The van der Waals surface area contributed by atoms with E-state index < -0.39 is 47.0 Å². The molecule has 1 amide bonds. The van der Waals surface area contributed by atoms with Crippen molar-refractivity contribution in [2.75, 3.05) is 0 Å². The van der Waals surface area contributed by atoms with Crippen molar-refractivity contribution in [3.05, 3.63) is 68.3 Å². The fourth-order valence-electron chi connectivity index (χ4n) is 2.38. The van der Waals surface area contributed by atoms with E-state index in [1.54, 1.807) is 24.3 Å². The Labute approximate surface area is 174 Å². The summed E-state index contributed by atoms with van der Waals surface area (Å²) in [7, 11) is 0. The van der Waals surface area contributed by atoms with E-state index in [1.807, 2.05) is 27.9 Å². The first-order valence-corrected chi connectivity index (χ1v) is 8.93. The molecule has 0 aliphatic carbocycles. The summed E-state index contributed by atoms with van der Waals surface area (Å²) in [6.07, 6.45) is -10.4. The van der Waals surface area contributed by atoms with Crippen molar-refractivity contribution in [1.82, 2.24) is 5.32 Å². The van der Waals surface area contributed by atoms with E-state index in [0.717, 1.165) is 3.57 Å². The van der Waals surface area contributed by atoms with Gasteiger partial charge in [-0.15, -0.1) is 0 Å². The van der Waals surface area contributed by atoms with Gasteiger partial charge in [0.2, 0.25) is 0 Å². The van der Waals surface area contributed by atoms with Gasteiger partial charge in [0.15, 0.2) is 0 Å². The maximum absolute atomic E-state index is 12.9. The fourth-order valence-corrected chi connectivity index (χ4v) is 2.74. The number of amides is 1. The molecule has 0 aliphatic heterocycles. The molecule has 4 nitrogen and oxygen atoms in total. The van der Waals surface area contributed by atoms with Gasteiger partial charge in [0.25, 0.3) is 5.91 Å². The summed E-state index contributed by atoms with van der Waals surface area (Å²) in [5.41, 5.74) is -3.76. The minimum absolute atomic E-state index is 0.114. The van der Waals surface area contributed by atoms with Crippen LogP contribution in [0.5, 0.6) is 0 Å². The third-order valence-electron chi connectivity index (χ3n) is 3.81. The second kappa shape index (κ2) is 8.59. The van der Waals surface area contributed by atoms with Gasteiger partial charge in [-0.05, 0) is 58.5 Å². The van der Waals surface area contributed by atoms with Gasteiger partial charge in [0.1, 0.15) is 6.04 Å². The Morgan fingerprint density at radius 3 is 1.83 bits per heavy atom. The molecular formula is C18H12F6INO3. The number of nitrogens with one attached hydrogen (secondary N) is 1. The summed E-state index contributed by atoms with van der Waals surface area (Å²) in [6, 6.07) is 5.37. The molecule has 0 saturated carbocycles. The molecular weight excluding hydrogens is 519 g/mol. The lowest BCUT2D eigenvalue weighted by Crippen LogP contribution is -2.42. The highest BCUT2D eigenvalue weighted by atomic mass is 127. The predicted molar refractivity (Wildman–Crippen MR) is 98.2 cm³/mol. The molecule has 1 atom stereocenters. The summed E-state index contributed by atoms with van der Waals surface area (Å²) in [5, 5.41) is 11.3. The fraction of sp³-hybridized carbons (Fsp3) is 0.222. The average molecular weight is 531 g/mol. The Bertz CT molecular complexity index is 877. The van der Waals surface area contributed by atoms with Crippen LogP contribution in [0.4, 0.5) is 26.3 Å². The van der Waals surface area contributed by atoms with Crippen molar-refractivity contribution in [2.45, 2.75) is 24.8 Å². The zero-order valence-electron chi connectivity index (χ0n) is 14.2. The van der Waals surface area contributed by atoms with Gasteiger partial charge in [0.05, 0.1) is 11.1 Å². The Kier molecular flexibility index (Phi) is 6.81. The number of hydrogen-bond donors (Lipinski definition) is 2. The van der Waals surface area contributed by atoms with Gasteiger partial charge in [-0.2, -0.15) is 26.3 Å². The van der Waals surface area contributed by atoms with E-state index in [0.29, 0.717) is 5.56 Å². The van der Waals surface area contributed by atoms with Crippen LogP contribution in [-0.2, 0) is 23.6 Å². The second-order valence-electron chi connectivity index (χ2n) is 5.99. The minimum atomic E-state index is -5.12. The van der Waals surface area contributed by atoms with Crippen molar-refractivity contribution in [3.8, 4) is 0 Å². The molecule has 2 rings (SSSR count). The number of halogens is 7. The molecule has 11 heteroatoms. The van der Waals surface area contributed by atoms with E-state index >= 15 is 0 Å². The number of aliphatic carboxylic acids is 1. The normalized spacial score (nSPS) is 13.1. The van der Waals surface area contributed by atoms with Crippen LogP contribution in [0.15, 0.2) is 42.5 Å². The summed E-state index contributed by atoms with van der Waals surface area (Å²) < 4.78 is 78.4. The molecule has 0 spiro atoms. The highest BCUT2D eigenvalue weighted by Gasteiger charge is 2.37. The van der Waals surface area contributed by atoms with Gasteiger partial charge < -0.3 is 10.4 Å².